The lowest BCUT2D eigenvalue weighted by Crippen LogP contribution is -2.63. The fourth-order valence-corrected chi connectivity index (χ4v) is 6.27. The number of hydrogen-bond acceptors (Lipinski definition) is 13. The normalized spacial score (nSPS) is 40.3. The number of fused-ring (bicyclic) bond motifs is 4. The van der Waals surface area contributed by atoms with Gasteiger partial charge in [-0.15, -0.1) is 0 Å². The van der Waals surface area contributed by atoms with E-state index in [1.165, 1.54) is 33.3 Å². The zero-order valence-corrected chi connectivity index (χ0v) is 22.7. The van der Waals surface area contributed by atoms with E-state index in [2.05, 4.69) is 0 Å². The Morgan fingerprint density at radius 3 is 2.31 bits per heavy atom. The molecule has 4 aliphatic heterocycles. The predicted molar refractivity (Wildman–Crippen MR) is 138 cm³/mol. The first kappa shape index (κ1) is 23.2. The number of esters is 1. The van der Waals surface area contributed by atoms with E-state index in [4.69, 9.17) is 48.1 Å². The molecule has 0 bridgehead atoms. The molecule has 0 aromatic heterocycles. The van der Waals surface area contributed by atoms with Crippen LogP contribution in [0, 0.1) is 11.8 Å². The molecule has 0 unspecified atom stereocenters. The number of phenols is 1. The molecule has 10 atom stereocenters. The number of benzene rings is 2. The highest BCUT2D eigenvalue weighted by Crippen LogP contribution is 2.57. The first-order chi connectivity index (χ1) is 21.8. The summed E-state index contributed by atoms with van der Waals surface area (Å²) in [5.41, 5.74) is 1.18. The number of ether oxygens (including phenoxy) is 9. The minimum Gasteiger partial charge on any atom is -0.502 e. The van der Waals surface area contributed by atoms with Crippen LogP contribution in [0.3, 0.4) is 0 Å². The monoisotopic (exact) mass is 592 g/mol. The topological polar surface area (TPSA) is 161 Å². The van der Waals surface area contributed by atoms with E-state index in [9.17, 15) is 20.1 Å². The Balaban J connectivity index is 1.37. The van der Waals surface area contributed by atoms with E-state index in [1.54, 1.807) is 12.1 Å². The van der Waals surface area contributed by atoms with Gasteiger partial charge in [0.05, 0.1) is 44.8 Å². The Bertz CT molecular complexity index is 1530. The van der Waals surface area contributed by atoms with Crippen molar-refractivity contribution in [3.63, 3.8) is 0 Å². The van der Waals surface area contributed by atoms with Crippen molar-refractivity contribution in [3.8, 4) is 28.7 Å². The number of aliphatic hydroxyl groups is 2. The van der Waals surface area contributed by atoms with E-state index >= 15 is 0 Å². The van der Waals surface area contributed by atoms with E-state index in [0.717, 1.165) is 0 Å². The zero-order valence-electron chi connectivity index (χ0n) is 26.7. The molecule has 42 heavy (non-hydrogen) atoms. The Morgan fingerprint density at radius 1 is 0.929 bits per heavy atom. The highest BCUT2D eigenvalue weighted by Gasteiger charge is 2.56. The largest absolute Gasteiger partial charge is 0.502 e. The third-order valence-corrected chi connectivity index (χ3v) is 8.25. The predicted octanol–water partition coefficient (Wildman–Crippen LogP) is 1.34. The smallest absolute Gasteiger partial charge is 0.310 e. The second-order valence-corrected chi connectivity index (χ2v) is 10.5. The summed E-state index contributed by atoms with van der Waals surface area (Å²) in [5.74, 6) is -3.93. The van der Waals surface area contributed by atoms with Crippen molar-refractivity contribution in [1.29, 1.82) is 0 Å². The summed E-state index contributed by atoms with van der Waals surface area (Å²) < 4.78 is 84.5. The number of methoxy groups -OCH3 is 2. The number of aliphatic hydroxyl groups excluding tert-OH is 2. The molecular weight excluding hydrogens is 556 g/mol. The highest BCUT2D eigenvalue weighted by atomic mass is 16.8. The molecule has 7 rings (SSSR count). The number of aromatic hydroxyl groups is 1. The van der Waals surface area contributed by atoms with Crippen molar-refractivity contribution >= 4 is 5.97 Å². The molecule has 3 saturated heterocycles. The summed E-state index contributed by atoms with van der Waals surface area (Å²) in [6.45, 7) is -3.72. The number of hydrogen-bond donors (Lipinski definition) is 3. The quantitative estimate of drug-likeness (QED) is 0.427. The van der Waals surface area contributed by atoms with Gasteiger partial charge in [-0.3, -0.25) is 4.79 Å². The Labute approximate surface area is 246 Å². The molecule has 0 amide bonds. The van der Waals surface area contributed by atoms with Gasteiger partial charge in [-0.25, -0.2) is 0 Å². The fraction of sp³-hybridized carbons (Fsp3) is 0.552. The Kier molecular flexibility index (Phi) is 5.76. The first-order valence-electron chi connectivity index (χ1n) is 15.4. The van der Waals surface area contributed by atoms with Crippen molar-refractivity contribution in [2.75, 3.05) is 34.1 Å². The second-order valence-electron chi connectivity index (χ2n) is 10.5. The number of phenolic OH excluding ortho intramolecular Hbond substituents is 1. The molecule has 4 heterocycles. The molecule has 2 aromatic carbocycles. The van der Waals surface area contributed by atoms with Crippen LogP contribution in [0.15, 0.2) is 24.3 Å². The summed E-state index contributed by atoms with van der Waals surface area (Å²) >= 11 is 0. The number of cyclic esters (lactones) is 1. The molecule has 1 aliphatic carbocycles. The lowest BCUT2D eigenvalue weighted by atomic mass is 9.66. The number of carbonyl (C=O) groups is 1. The van der Waals surface area contributed by atoms with Crippen LogP contribution < -0.4 is 18.9 Å². The van der Waals surface area contributed by atoms with E-state index in [-0.39, 0.29) is 24.0 Å². The maximum absolute atomic E-state index is 13.6. The molecule has 2 aromatic rings. The van der Waals surface area contributed by atoms with Crippen molar-refractivity contribution < 1.29 is 68.2 Å². The van der Waals surface area contributed by atoms with Crippen molar-refractivity contribution in [2.24, 2.45) is 11.8 Å². The minimum atomic E-state index is -2.61. The van der Waals surface area contributed by atoms with Crippen molar-refractivity contribution in [1.82, 2.24) is 0 Å². The van der Waals surface area contributed by atoms with Crippen LogP contribution in [0.4, 0.5) is 0 Å². The lowest BCUT2D eigenvalue weighted by Gasteiger charge is -2.47. The van der Waals surface area contributed by atoms with Crippen LogP contribution in [-0.4, -0.2) is 92.4 Å². The van der Waals surface area contributed by atoms with Crippen LogP contribution in [0.5, 0.6) is 28.7 Å². The van der Waals surface area contributed by atoms with Crippen LogP contribution >= 0.6 is 0 Å². The highest BCUT2D eigenvalue weighted by molar-refractivity contribution is 5.79. The van der Waals surface area contributed by atoms with Gasteiger partial charge in [0.15, 0.2) is 35.6 Å². The van der Waals surface area contributed by atoms with Crippen LogP contribution in [0.1, 0.15) is 41.1 Å². The van der Waals surface area contributed by atoms with Gasteiger partial charge in [-0.05, 0) is 47.9 Å². The molecule has 226 valence electrons. The zero-order chi connectivity index (χ0) is 32.9. The van der Waals surface area contributed by atoms with Gasteiger partial charge in [-0.1, -0.05) is 0 Å². The summed E-state index contributed by atoms with van der Waals surface area (Å²) in [5, 5.41) is 32.7. The number of rotatable bonds is 5. The van der Waals surface area contributed by atoms with Gasteiger partial charge in [0, 0.05) is 11.8 Å². The van der Waals surface area contributed by atoms with Gasteiger partial charge in [0.2, 0.25) is 12.5 Å². The third kappa shape index (κ3) is 4.26. The molecular formula is C29H32O13. The van der Waals surface area contributed by atoms with Crippen molar-refractivity contribution in [2.45, 2.75) is 55.9 Å². The van der Waals surface area contributed by atoms with Crippen molar-refractivity contribution in [3.05, 3.63) is 41.0 Å². The molecule has 13 nitrogen and oxygen atoms in total. The third-order valence-electron chi connectivity index (χ3n) is 8.25. The van der Waals surface area contributed by atoms with Gasteiger partial charge < -0.3 is 58.0 Å². The second kappa shape index (κ2) is 10.4. The molecule has 0 radical (unpaired) electrons. The van der Waals surface area contributed by atoms with Crippen LogP contribution in [-0.2, 0) is 28.5 Å². The van der Waals surface area contributed by atoms with Crippen LogP contribution in [0.25, 0.3) is 0 Å². The molecule has 3 fully saturated rings. The van der Waals surface area contributed by atoms with Gasteiger partial charge >= 0.3 is 5.97 Å². The molecule has 0 spiro atoms. The average Bonchev–Trinajstić information content (AvgIpc) is 3.55. The Morgan fingerprint density at radius 2 is 1.62 bits per heavy atom. The molecule has 3 N–H and O–H groups in total. The molecule has 5 aliphatic rings. The minimum absolute atomic E-state index is 0.0451. The average molecular weight is 593 g/mol. The fourth-order valence-electron chi connectivity index (χ4n) is 6.27. The summed E-state index contributed by atoms with van der Waals surface area (Å²) in [6.07, 6.45) is -10.4. The first-order valence-corrected chi connectivity index (χ1v) is 13.4. The van der Waals surface area contributed by atoms with E-state index in [1.807, 2.05) is 0 Å². The maximum Gasteiger partial charge on any atom is 0.310 e. The van der Waals surface area contributed by atoms with Gasteiger partial charge in [-0.2, -0.15) is 0 Å². The van der Waals surface area contributed by atoms with Gasteiger partial charge in [0.1, 0.15) is 24.4 Å². The Hall–Kier alpha value is -3.33. The summed E-state index contributed by atoms with van der Waals surface area (Å²) in [4.78, 5) is 13.6. The standard InChI is InChI=1S/C29H32O13/c1-11-36-9-20-27(40-11)24(31)25(32)29(41-20)42-26-14-7-17-16(38-10-39-17)6-13(14)21(22-15(26)8-37-28(22)33)12-4-18(34-2)23(30)19(5-12)35-3/h4-7,11,15,20-22,24-27,29-32H,8-10H2,1-3H3/t11-,15+,20-,21-,22+,24-,25-,26-,27-,29+/m1/s1/i8D2,9D2. The summed E-state index contributed by atoms with van der Waals surface area (Å²) in [6, 6.07) is 6.22. The van der Waals surface area contributed by atoms with Gasteiger partial charge in [0.25, 0.3) is 0 Å². The SMILES string of the molecule is [2H]C1([2H])OC(=O)[C@@H]2[C@H](c3cc(OC)c(O)c(OC)c3)c3cc4c(cc3[C@@H](O[C@@H]3O[C@H]5[C@@H](O[C@H](C)OC5([2H])[2H])[C@H](O)[C@H]3O)[C@H]21)OCO4. The number of carbonyl (C=O) groups excluding carboxylic acids is 1. The van der Waals surface area contributed by atoms with Crippen LogP contribution in [0.2, 0.25) is 0 Å². The molecule has 0 saturated carbocycles. The van der Waals surface area contributed by atoms with E-state index < -0.39 is 79.9 Å². The van der Waals surface area contributed by atoms with E-state index in [0.29, 0.717) is 28.2 Å². The lowest BCUT2D eigenvalue weighted by molar-refractivity contribution is -0.364. The maximum atomic E-state index is 13.6. The summed E-state index contributed by atoms with van der Waals surface area (Å²) in [7, 11) is 2.69. The molecule has 13 heteroatoms.